The molecule has 1 aliphatic rings. The lowest BCUT2D eigenvalue weighted by Gasteiger charge is -2.20. The minimum atomic E-state index is -0.519. The second-order valence-electron chi connectivity index (χ2n) is 4.92. The molecular formula is C15H16ClN3O4S. The van der Waals surface area contributed by atoms with Gasteiger partial charge >= 0.3 is 5.97 Å². The molecule has 24 heavy (non-hydrogen) atoms. The molecule has 0 bridgehead atoms. The highest BCUT2D eigenvalue weighted by atomic mass is 35.5. The van der Waals surface area contributed by atoms with Gasteiger partial charge in [-0.25, -0.2) is 14.5 Å². The number of halogens is 1. The molecule has 0 saturated carbocycles. The summed E-state index contributed by atoms with van der Waals surface area (Å²) in [4.78, 5) is 16.4. The molecule has 1 fully saturated rings. The van der Waals surface area contributed by atoms with Gasteiger partial charge in [-0.2, -0.15) is 0 Å². The summed E-state index contributed by atoms with van der Waals surface area (Å²) in [5.74, 6) is 0.113. The lowest BCUT2D eigenvalue weighted by molar-refractivity contribution is 0.0515. The zero-order valence-electron chi connectivity index (χ0n) is 13.0. The van der Waals surface area contributed by atoms with E-state index in [9.17, 15) is 4.79 Å². The molecule has 2 aromatic heterocycles. The van der Waals surface area contributed by atoms with E-state index in [-0.39, 0.29) is 17.7 Å². The first-order chi connectivity index (χ1) is 11.7. The van der Waals surface area contributed by atoms with E-state index in [1.807, 2.05) is 0 Å². The van der Waals surface area contributed by atoms with Crippen LogP contribution in [0.4, 0.5) is 0 Å². The minimum absolute atomic E-state index is 0.170. The van der Waals surface area contributed by atoms with Gasteiger partial charge in [0.25, 0.3) is 0 Å². The summed E-state index contributed by atoms with van der Waals surface area (Å²) in [6.45, 7) is 2.69. The van der Waals surface area contributed by atoms with Gasteiger partial charge in [-0.1, -0.05) is 11.6 Å². The Hall–Kier alpha value is -1.77. The van der Waals surface area contributed by atoms with Crippen LogP contribution in [0.3, 0.4) is 0 Å². The summed E-state index contributed by atoms with van der Waals surface area (Å²) in [7, 11) is 0. The lowest BCUT2D eigenvalue weighted by Crippen LogP contribution is -2.18. The first kappa shape index (κ1) is 17.1. The Bertz CT molecular complexity index is 718. The van der Waals surface area contributed by atoms with Gasteiger partial charge in [0.15, 0.2) is 16.9 Å². The van der Waals surface area contributed by atoms with Crippen LogP contribution < -0.4 is 4.74 Å². The Kier molecular flexibility index (Phi) is 5.60. The van der Waals surface area contributed by atoms with E-state index >= 15 is 0 Å². The van der Waals surface area contributed by atoms with E-state index in [1.165, 1.54) is 22.8 Å². The van der Waals surface area contributed by atoms with Gasteiger partial charge in [-0.05, 0) is 31.9 Å². The van der Waals surface area contributed by atoms with E-state index in [4.69, 9.17) is 25.3 Å². The molecule has 0 N–H and O–H groups in total. The number of carbonyl (C=O) groups is 1. The normalized spacial score (nSPS) is 17.5. The molecule has 3 heterocycles. The third-order valence-corrected chi connectivity index (χ3v) is 4.35. The van der Waals surface area contributed by atoms with Crippen molar-refractivity contribution in [2.24, 2.45) is 0 Å². The van der Waals surface area contributed by atoms with Crippen molar-refractivity contribution in [3.8, 4) is 11.7 Å². The van der Waals surface area contributed by atoms with Crippen LogP contribution in [0, 0.1) is 0 Å². The first-order valence-corrected chi connectivity index (χ1v) is 8.70. The Balaban J connectivity index is 1.93. The molecule has 3 rings (SSSR count). The molecule has 9 heteroatoms. The largest absolute Gasteiger partial charge is 0.461 e. The number of pyridine rings is 1. The summed E-state index contributed by atoms with van der Waals surface area (Å²) >= 11 is 7.43. The van der Waals surface area contributed by atoms with E-state index in [1.54, 1.807) is 25.3 Å². The summed E-state index contributed by atoms with van der Waals surface area (Å²) in [5, 5.41) is 4.69. The van der Waals surface area contributed by atoms with Gasteiger partial charge in [-0.3, -0.25) is 0 Å². The van der Waals surface area contributed by atoms with Crippen LogP contribution in [0.5, 0.6) is 5.88 Å². The van der Waals surface area contributed by atoms with Crippen molar-refractivity contribution in [3.05, 3.63) is 35.1 Å². The average molecular weight is 370 g/mol. The van der Waals surface area contributed by atoms with Crippen molar-refractivity contribution in [2.45, 2.75) is 25.2 Å². The molecule has 7 nitrogen and oxygen atoms in total. The monoisotopic (exact) mass is 369 g/mol. The van der Waals surface area contributed by atoms with E-state index in [2.05, 4.69) is 10.1 Å². The Labute approximate surface area is 148 Å². The number of hydrogen-bond donors (Lipinski definition) is 0. The number of ether oxygens (including phenoxy) is 2. The van der Waals surface area contributed by atoms with E-state index in [0.29, 0.717) is 23.3 Å². The molecule has 1 atom stereocenters. The maximum atomic E-state index is 12.2. The predicted octanol–water partition coefficient (Wildman–Crippen LogP) is 3.26. The smallest absolute Gasteiger partial charge is 0.357 e. The molecule has 128 valence electrons. The molecule has 1 aliphatic heterocycles. The summed E-state index contributed by atoms with van der Waals surface area (Å²) in [6, 6.07) is 4.90. The van der Waals surface area contributed by atoms with Gasteiger partial charge in [0.05, 0.1) is 18.2 Å². The van der Waals surface area contributed by atoms with Crippen LogP contribution in [-0.2, 0) is 8.92 Å². The standard InChI is InChI=1S/C15H16ClN3O4S/c1-2-21-15(20)11-9-12(23-13-6-4-8-22-24-13)18-19(11)14-10(16)5-3-7-17-14/h3,5,7,9,13H,2,4,6,8H2,1H3. The fraction of sp³-hybridized carbons (Fsp3) is 0.400. The van der Waals surface area contributed by atoms with E-state index < -0.39 is 5.97 Å². The molecular weight excluding hydrogens is 354 g/mol. The molecule has 1 saturated heterocycles. The molecule has 0 aromatic carbocycles. The van der Waals surface area contributed by atoms with Crippen LogP contribution in [0.15, 0.2) is 24.4 Å². The number of carbonyl (C=O) groups excluding carboxylic acids is 1. The van der Waals surface area contributed by atoms with Gasteiger partial charge < -0.3 is 13.7 Å². The number of esters is 1. The molecule has 0 radical (unpaired) electrons. The van der Waals surface area contributed by atoms with Crippen molar-refractivity contribution in [1.29, 1.82) is 0 Å². The quantitative estimate of drug-likeness (QED) is 0.591. The highest BCUT2D eigenvalue weighted by Gasteiger charge is 2.24. The minimum Gasteiger partial charge on any atom is -0.461 e. The van der Waals surface area contributed by atoms with Crippen LogP contribution in [0.25, 0.3) is 5.82 Å². The SMILES string of the molecule is CCOC(=O)c1cc(OC2CCCOS2)nn1-c1ncccc1Cl. The molecule has 0 spiro atoms. The van der Waals surface area contributed by atoms with Crippen LogP contribution in [0.1, 0.15) is 30.3 Å². The van der Waals surface area contributed by atoms with Crippen molar-refractivity contribution in [2.75, 3.05) is 13.2 Å². The predicted molar refractivity (Wildman–Crippen MR) is 89.5 cm³/mol. The molecule has 1 unspecified atom stereocenters. The van der Waals surface area contributed by atoms with Gasteiger partial charge in [0.1, 0.15) is 0 Å². The highest BCUT2D eigenvalue weighted by molar-refractivity contribution is 7.95. The molecule has 0 aliphatic carbocycles. The van der Waals surface area contributed by atoms with Crippen LogP contribution >= 0.6 is 23.6 Å². The topological polar surface area (TPSA) is 75.5 Å². The number of hydrogen-bond acceptors (Lipinski definition) is 7. The van der Waals surface area contributed by atoms with Gasteiger partial charge in [0.2, 0.25) is 5.88 Å². The second kappa shape index (κ2) is 7.87. The van der Waals surface area contributed by atoms with Crippen LogP contribution in [-0.4, -0.2) is 39.4 Å². The second-order valence-corrected chi connectivity index (χ2v) is 6.28. The van der Waals surface area contributed by atoms with Gasteiger partial charge in [0, 0.05) is 24.3 Å². The highest BCUT2D eigenvalue weighted by Crippen LogP contribution is 2.28. The summed E-state index contributed by atoms with van der Waals surface area (Å²) in [6.07, 6.45) is 3.33. The maximum Gasteiger partial charge on any atom is 0.357 e. The Morgan fingerprint density at radius 3 is 3.17 bits per heavy atom. The zero-order valence-corrected chi connectivity index (χ0v) is 14.5. The molecule has 2 aromatic rings. The fourth-order valence-electron chi connectivity index (χ4n) is 2.16. The lowest BCUT2D eigenvalue weighted by atomic mass is 10.3. The van der Waals surface area contributed by atoms with E-state index in [0.717, 1.165) is 12.8 Å². The number of aromatic nitrogens is 3. The third-order valence-electron chi connectivity index (χ3n) is 3.21. The first-order valence-electron chi connectivity index (χ1n) is 7.52. The van der Waals surface area contributed by atoms with Gasteiger partial charge in [-0.15, -0.1) is 5.10 Å². The summed E-state index contributed by atoms with van der Waals surface area (Å²) in [5.41, 5.74) is 0.0329. The third kappa shape index (κ3) is 3.82. The summed E-state index contributed by atoms with van der Waals surface area (Å²) < 4.78 is 17.5. The number of nitrogens with zero attached hydrogens (tertiary/aromatic N) is 3. The fourth-order valence-corrected chi connectivity index (χ4v) is 3.12. The average Bonchev–Trinajstić information content (AvgIpc) is 3.00. The molecule has 0 amide bonds. The Morgan fingerprint density at radius 2 is 2.46 bits per heavy atom. The zero-order chi connectivity index (χ0) is 16.9. The Morgan fingerprint density at radius 1 is 1.58 bits per heavy atom. The van der Waals surface area contributed by atoms with Crippen molar-refractivity contribution in [1.82, 2.24) is 14.8 Å². The maximum absolute atomic E-state index is 12.2. The van der Waals surface area contributed by atoms with Crippen LogP contribution in [0.2, 0.25) is 5.02 Å². The van der Waals surface area contributed by atoms with Crippen molar-refractivity contribution < 1.29 is 18.5 Å². The van der Waals surface area contributed by atoms with Crippen molar-refractivity contribution >= 4 is 29.6 Å². The number of rotatable bonds is 5. The van der Waals surface area contributed by atoms with Crippen molar-refractivity contribution in [3.63, 3.8) is 0 Å².